The molecule has 0 bridgehead atoms. The number of aliphatic imine (C=N–C) groups is 1. The van der Waals surface area contributed by atoms with Crippen molar-refractivity contribution in [3.8, 4) is 22.6 Å². The first-order valence-corrected chi connectivity index (χ1v) is 12.3. The van der Waals surface area contributed by atoms with E-state index >= 15 is 0 Å². The van der Waals surface area contributed by atoms with E-state index in [4.69, 9.17) is 21.9 Å². The van der Waals surface area contributed by atoms with Gasteiger partial charge in [-0.05, 0) is 55.5 Å². The van der Waals surface area contributed by atoms with Gasteiger partial charge in [-0.2, -0.15) is 4.99 Å². The van der Waals surface area contributed by atoms with Crippen molar-refractivity contribution in [1.29, 1.82) is 0 Å². The Morgan fingerprint density at radius 1 is 1.00 bits per heavy atom. The lowest BCUT2D eigenvalue weighted by molar-refractivity contribution is 0.256. The summed E-state index contributed by atoms with van der Waals surface area (Å²) in [5.74, 6) is 2.21. The van der Waals surface area contributed by atoms with Crippen LogP contribution in [0.3, 0.4) is 0 Å². The number of urea groups is 1. The van der Waals surface area contributed by atoms with Gasteiger partial charge in [0.15, 0.2) is 0 Å². The molecule has 0 aliphatic heterocycles. The van der Waals surface area contributed by atoms with Crippen LogP contribution in [0.2, 0.25) is 0 Å². The lowest BCUT2D eigenvalue weighted by Crippen LogP contribution is -2.39. The molecular weight excluding hydrogens is 468 g/mol. The van der Waals surface area contributed by atoms with Crippen LogP contribution >= 0.6 is 0 Å². The van der Waals surface area contributed by atoms with Crippen molar-refractivity contribution in [2.75, 3.05) is 12.3 Å². The summed E-state index contributed by atoms with van der Waals surface area (Å²) in [6, 6.07) is 17.4. The van der Waals surface area contributed by atoms with Gasteiger partial charge >= 0.3 is 6.03 Å². The number of amides is 2. The van der Waals surface area contributed by atoms with E-state index in [9.17, 15) is 4.79 Å². The monoisotopic (exact) mass is 498 g/mol. The average Bonchev–Trinajstić information content (AvgIpc) is 3.29. The molecule has 1 aliphatic carbocycles. The van der Waals surface area contributed by atoms with Crippen LogP contribution in [0.1, 0.15) is 31.7 Å². The molecule has 7 N–H and O–H groups in total. The number of nitrogen functional groups attached to an aromatic ring is 1. The number of hydrogen-bond donors (Lipinski definition) is 4. The van der Waals surface area contributed by atoms with E-state index < -0.39 is 6.03 Å². The molecule has 1 saturated carbocycles. The minimum Gasteiger partial charge on any atom is -0.457 e. The van der Waals surface area contributed by atoms with Gasteiger partial charge in [0.2, 0.25) is 0 Å². The minimum atomic E-state index is -0.780. The summed E-state index contributed by atoms with van der Waals surface area (Å²) in [6.45, 7) is 0.336. The third-order valence-electron chi connectivity index (χ3n) is 6.70. The Hall–Kier alpha value is -4.44. The molecule has 0 radical (unpaired) electrons. The van der Waals surface area contributed by atoms with E-state index in [-0.39, 0.29) is 17.9 Å². The molecule has 2 aromatic heterocycles. The Morgan fingerprint density at radius 2 is 1.70 bits per heavy atom. The van der Waals surface area contributed by atoms with E-state index in [0.717, 1.165) is 59.3 Å². The zero-order chi connectivity index (χ0) is 25.8. The van der Waals surface area contributed by atoms with Crippen LogP contribution in [0, 0.1) is 0 Å². The molecule has 4 aromatic rings. The zero-order valence-electron chi connectivity index (χ0n) is 20.4. The molecule has 1 fully saturated rings. The van der Waals surface area contributed by atoms with Crippen LogP contribution in [0.5, 0.6) is 11.5 Å². The van der Waals surface area contributed by atoms with E-state index in [1.807, 2.05) is 54.6 Å². The number of primary amides is 1. The molecule has 1 aliphatic rings. The van der Waals surface area contributed by atoms with Crippen LogP contribution in [0.4, 0.5) is 10.6 Å². The van der Waals surface area contributed by atoms with Crippen molar-refractivity contribution in [2.24, 2.45) is 16.5 Å². The van der Waals surface area contributed by atoms with Crippen molar-refractivity contribution < 1.29 is 9.53 Å². The number of amidine groups is 1. The second-order valence-corrected chi connectivity index (χ2v) is 9.17. The quantitative estimate of drug-likeness (QED) is 0.221. The number of nitrogens with one attached hydrogen (secondary N) is 1. The molecule has 5 rings (SSSR count). The largest absolute Gasteiger partial charge is 0.457 e. The number of hydrogen-bond acceptors (Lipinski definition) is 6. The number of nitrogens with zero attached hydrogens (tertiary/aromatic N) is 4. The van der Waals surface area contributed by atoms with Crippen molar-refractivity contribution >= 4 is 28.7 Å². The fourth-order valence-corrected chi connectivity index (χ4v) is 4.92. The molecule has 0 spiro atoms. The van der Waals surface area contributed by atoms with Crippen LogP contribution in [0.25, 0.3) is 22.2 Å². The summed E-state index contributed by atoms with van der Waals surface area (Å²) >= 11 is 0. The summed E-state index contributed by atoms with van der Waals surface area (Å²) in [5, 5.41) is 4.22. The number of ether oxygens (including phenoxy) is 1. The predicted octanol–water partition coefficient (Wildman–Crippen LogP) is 3.98. The molecule has 0 saturated heterocycles. The van der Waals surface area contributed by atoms with E-state index in [1.165, 1.54) is 6.33 Å². The van der Waals surface area contributed by atoms with Crippen molar-refractivity contribution in [1.82, 2.24) is 19.9 Å². The molecule has 0 atom stereocenters. The smallest absolute Gasteiger partial charge is 0.340 e. The molecule has 10 nitrogen and oxygen atoms in total. The highest BCUT2D eigenvalue weighted by Crippen LogP contribution is 2.38. The van der Waals surface area contributed by atoms with Crippen LogP contribution in [0.15, 0.2) is 72.1 Å². The van der Waals surface area contributed by atoms with Gasteiger partial charge < -0.3 is 31.8 Å². The van der Waals surface area contributed by atoms with Crippen LogP contribution in [-0.2, 0) is 0 Å². The van der Waals surface area contributed by atoms with Gasteiger partial charge in [0.25, 0.3) is 0 Å². The molecular formula is C27H30N8O2. The maximum absolute atomic E-state index is 10.9. The van der Waals surface area contributed by atoms with Crippen molar-refractivity contribution in [2.45, 2.75) is 37.8 Å². The summed E-state index contributed by atoms with van der Waals surface area (Å²) < 4.78 is 8.18. The molecule has 190 valence electrons. The third kappa shape index (κ3) is 5.54. The molecule has 37 heavy (non-hydrogen) atoms. The SMILES string of the molecule is NC(=O)/N=C(\N)CNC1CCC(n2cc(-c3ccc(Oc4ccccc4)cc3)c3c(N)ncnc32)CC1. The highest BCUT2D eigenvalue weighted by Gasteiger charge is 2.25. The number of benzene rings is 2. The first-order chi connectivity index (χ1) is 18.0. The van der Waals surface area contributed by atoms with Crippen LogP contribution in [-0.4, -0.2) is 39.0 Å². The second kappa shape index (κ2) is 10.7. The zero-order valence-corrected chi connectivity index (χ0v) is 20.4. The molecule has 0 unspecified atom stereocenters. The predicted molar refractivity (Wildman–Crippen MR) is 144 cm³/mol. The number of aromatic nitrogens is 3. The number of rotatable bonds is 7. The Kier molecular flexibility index (Phi) is 7.00. The lowest BCUT2D eigenvalue weighted by atomic mass is 9.91. The Balaban J connectivity index is 1.34. The lowest BCUT2D eigenvalue weighted by Gasteiger charge is -2.30. The molecule has 2 amide bonds. The topological polar surface area (TPSA) is 159 Å². The number of anilines is 1. The summed E-state index contributed by atoms with van der Waals surface area (Å²) in [4.78, 5) is 23.3. The number of nitrogens with two attached hydrogens (primary N) is 3. The molecule has 2 heterocycles. The van der Waals surface area contributed by atoms with Gasteiger partial charge in [-0.3, -0.25) is 0 Å². The second-order valence-electron chi connectivity index (χ2n) is 9.17. The summed E-state index contributed by atoms with van der Waals surface area (Å²) in [7, 11) is 0. The van der Waals surface area contributed by atoms with Gasteiger partial charge in [-0.25, -0.2) is 14.8 Å². The van der Waals surface area contributed by atoms with E-state index in [1.54, 1.807) is 0 Å². The fourth-order valence-electron chi connectivity index (χ4n) is 4.92. The minimum absolute atomic E-state index is 0.197. The third-order valence-corrected chi connectivity index (χ3v) is 6.70. The Bertz CT molecular complexity index is 1410. The number of para-hydroxylation sites is 1. The number of fused-ring (bicyclic) bond motifs is 1. The highest BCUT2D eigenvalue weighted by molar-refractivity contribution is 6.00. The molecule has 10 heteroatoms. The van der Waals surface area contributed by atoms with Gasteiger partial charge in [-0.15, -0.1) is 0 Å². The van der Waals surface area contributed by atoms with Crippen molar-refractivity contribution in [3.63, 3.8) is 0 Å². The van der Waals surface area contributed by atoms with Gasteiger partial charge in [-0.1, -0.05) is 30.3 Å². The Labute approximate surface area is 214 Å². The standard InChI is InChI=1S/C27H30N8O2/c28-23(34-27(30)36)14-31-18-8-10-19(11-9-18)35-15-22(24-25(29)32-16-33-26(24)35)17-6-12-21(13-7-17)37-20-4-2-1-3-5-20/h1-7,12-13,15-16,18-19,31H,8-11,14H2,(H2,29,32,33)(H4,28,30,34,36). The highest BCUT2D eigenvalue weighted by atomic mass is 16.5. The summed E-state index contributed by atoms with van der Waals surface area (Å²) in [6.07, 6.45) is 7.48. The van der Waals surface area contributed by atoms with Crippen LogP contribution < -0.4 is 27.3 Å². The van der Waals surface area contributed by atoms with Crippen molar-refractivity contribution in [3.05, 3.63) is 67.1 Å². The maximum atomic E-state index is 10.9. The number of carbonyl (C=O) groups excluding carboxylic acids is 1. The first kappa shape index (κ1) is 24.3. The van der Waals surface area contributed by atoms with E-state index in [0.29, 0.717) is 12.4 Å². The fraction of sp³-hybridized carbons (Fsp3) is 0.259. The number of carbonyl (C=O) groups is 1. The van der Waals surface area contributed by atoms with E-state index in [2.05, 4.69) is 31.0 Å². The first-order valence-electron chi connectivity index (χ1n) is 12.3. The average molecular weight is 499 g/mol. The maximum Gasteiger partial charge on any atom is 0.340 e. The molecule has 2 aromatic carbocycles. The van der Waals surface area contributed by atoms with Gasteiger partial charge in [0, 0.05) is 23.8 Å². The van der Waals surface area contributed by atoms with Gasteiger partial charge in [0.05, 0.1) is 11.9 Å². The van der Waals surface area contributed by atoms with Gasteiger partial charge in [0.1, 0.15) is 35.1 Å². The Morgan fingerprint density at radius 3 is 2.41 bits per heavy atom. The normalized spacial score (nSPS) is 18.1. The summed E-state index contributed by atoms with van der Waals surface area (Å²) in [5.41, 5.74) is 20.0.